The molecule has 0 saturated carbocycles. The van der Waals surface area contributed by atoms with Gasteiger partial charge in [-0.05, 0) is 44.0 Å². The van der Waals surface area contributed by atoms with Crippen molar-refractivity contribution < 1.29 is 58.8 Å². The summed E-state index contributed by atoms with van der Waals surface area (Å²) in [5, 5.41) is 48.8. The molecular formula is C30H41N5O12S. The molecule has 0 fully saturated rings. The van der Waals surface area contributed by atoms with Gasteiger partial charge in [0.1, 0.15) is 30.0 Å². The van der Waals surface area contributed by atoms with E-state index in [1.54, 1.807) is 37.3 Å². The summed E-state index contributed by atoms with van der Waals surface area (Å²) in [4.78, 5) is 95.3. The van der Waals surface area contributed by atoms with E-state index in [-0.39, 0.29) is 31.6 Å². The minimum atomic E-state index is -1.54. The van der Waals surface area contributed by atoms with Crippen LogP contribution in [0.4, 0.5) is 0 Å². The third kappa shape index (κ3) is 16.4. The van der Waals surface area contributed by atoms with Gasteiger partial charge in [-0.1, -0.05) is 37.3 Å². The zero-order chi connectivity index (χ0) is 36.4. The van der Waals surface area contributed by atoms with E-state index < -0.39 is 102 Å². The van der Waals surface area contributed by atoms with Crippen molar-refractivity contribution in [3.63, 3.8) is 0 Å². The molecule has 0 radical (unpaired) electrons. The standard InChI is InChI=1S/C30H41N5O12S/c1-16(17(2)36)15-31-26(41)22(14-18-6-4-3-5-7-18)33-24(38)11-8-19(27(42)43)32-23(37)12-9-20(28(44)45)34-30(48)35-21(29(46)47)10-13-25(39)40/h3-7,16,19-22H,8-15H2,1-2H3,(H,31,41)(H,32,37)(H,33,38)(H,39,40)(H,42,43)(H,44,45)(H,46,47)(H2,34,35,48)/t16-,19-,20-,21-,22-/m0/s1. The Bertz CT molecular complexity index is 1340. The van der Waals surface area contributed by atoms with E-state index >= 15 is 0 Å². The Morgan fingerprint density at radius 3 is 1.54 bits per heavy atom. The van der Waals surface area contributed by atoms with Gasteiger partial charge in [0.25, 0.3) is 0 Å². The lowest BCUT2D eigenvalue weighted by Crippen LogP contribution is -2.51. The van der Waals surface area contributed by atoms with Crippen LogP contribution in [0.25, 0.3) is 0 Å². The molecule has 17 nitrogen and oxygen atoms in total. The lowest BCUT2D eigenvalue weighted by molar-refractivity contribution is -0.143. The minimum absolute atomic E-state index is 0.0542. The number of carboxylic acid groups (broad SMARTS) is 4. The topological polar surface area (TPSA) is 278 Å². The van der Waals surface area contributed by atoms with E-state index in [1.165, 1.54) is 6.92 Å². The fourth-order valence-corrected chi connectivity index (χ4v) is 4.35. The Kier molecular flexibility index (Phi) is 17.8. The van der Waals surface area contributed by atoms with E-state index in [2.05, 4.69) is 26.6 Å². The van der Waals surface area contributed by atoms with Crippen LogP contribution in [0.2, 0.25) is 0 Å². The number of Topliss-reactive ketones (excluding diaryl/α,β-unsaturated/α-hetero) is 1. The zero-order valence-electron chi connectivity index (χ0n) is 26.4. The number of thiocarbonyl (C=S) groups is 1. The van der Waals surface area contributed by atoms with Crippen molar-refractivity contribution in [2.45, 2.75) is 83.0 Å². The fourth-order valence-electron chi connectivity index (χ4n) is 4.06. The third-order valence-corrected chi connectivity index (χ3v) is 7.25. The van der Waals surface area contributed by atoms with Crippen molar-refractivity contribution in [3.8, 4) is 0 Å². The maximum atomic E-state index is 12.9. The van der Waals surface area contributed by atoms with Gasteiger partial charge in [-0.25, -0.2) is 14.4 Å². The average molecular weight is 696 g/mol. The first kappa shape index (κ1) is 40.9. The normalized spacial score (nSPS) is 13.7. The Morgan fingerprint density at radius 1 is 0.667 bits per heavy atom. The number of hydrogen-bond donors (Lipinski definition) is 9. The summed E-state index contributed by atoms with van der Waals surface area (Å²) in [6.45, 7) is 3.08. The van der Waals surface area contributed by atoms with Crippen LogP contribution in [-0.4, -0.2) is 104 Å². The SMILES string of the molecule is CC(=O)[C@@H](C)CNC(=O)[C@H](Cc1ccccc1)NC(=O)CC[C@H](NC(=O)CC[C@H](NC(=S)N[C@@H](CCC(=O)O)C(=O)O)C(=O)O)C(=O)O. The molecule has 0 spiro atoms. The summed E-state index contributed by atoms with van der Waals surface area (Å²) in [6, 6.07) is 3.30. The number of carboxylic acids is 4. The van der Waals surface area contributed by atoms with Crippen molar-refractivity contribution in [2.24, 2.45) is 5.92 Å². The number of nitrogens with one attached hydrogen (secondary N) is 5. The van der Waals surface area contributed by atoms with Gasteiger partial charge >= 0.3 is 23.9 Å². The summed E-state index contributed by atoms with van der Waals surface area (Å²) >= 11 is 4.94. The van der Waals surface area contributed by atoms with Crippen LogP contribution in [-0.2, 0) is 44.8 Å². The first-order valence-corrected chi connectivity index (χ1v) is 15.3. The second kappa shape index (κ2) is 20.9. The van der Waals surface area contributed by atoms with Crippen LogP contribution in [0.5, 0.6) is 0 Å². The van der Waals surface area contributed by atoms with Crippen molar-refractivity contribution in [3.05, 3.63) is 35.9 Å². The highest BCUT2D eigenvalue weighted by molar-refractivity contribution is 7.80. The first-order valence-electron chi connectivity index (χ1n) is 14.9. The van der Waals surface area contributed by atoms with Crippen molar-refractivity contribution >= 4 is 64.7 Å². The highest BCUT2D eigenvalue weighted by Gasteiger charge is 2.27. The molecule has 0 aliphatic heterocycles. The number of aliphatic carboxylic acids is 4. The molecule has 1 rings (SSSR count). The van der Waals surface area contributed by atoms with E-state index in [0.29, 0.717) is 0 Å². The molecule has 0 bridgehead atoms. The van der Waals surface area contributed by atoms with Gasteiger partial charge in [0.2, 0.25) is 17.7 Å². The van der Waals surface area contributed by atoms with E-state index in [9.17, 15) is 53.7 Å². The quantitative estimate of drug-likeness (QED) is 0.0687. The lowest BCUT2D eigenvalue weighted by Gasteiger charge is -2.21. The number of amides is 3. The molecular weight excluding hydrogens is 654 g/mol. The van der Waals surface area contributed by atoms with Crippen LogP contribution in [0.3, 0.4) is 0 Å². The maximum absolute atomic E-state index is 12.9. The summed E-state index contributed by atoms with van der Waals surface area (Å²) in [5.41, 5.74) is 0.735. The van der Waals surface area contributed by atoms with Crippen molar-refractivity contribution in [1.29, 1.82) is 0 Å². The summed E-state index contributed by atoms with van der Waals surface area (Å²) in [5.74, 6) is -8.25. The van der Waals surface area contributed by atoms with Gasteiger partial charge in [-0.15, -0.1) is 0 Å². The van der Waals surface area contributed by atoms with Crippen LogP contribution in [0.15, 0.2) is 30.3 Å². The van der Waals surface area contributed by atoms with Gasteiger partial charge in [-0.3, -0.25) is 24.0 Å². The van der Waals surface area contributed by atoms with E-state index in [4.69, 9.17) is 17.3 Å². The smallest absolute Gasteiger partial charge is 0.326 e. The molecule has 0 heterocycles. The zero-order valence-corrected chi connectivity index (χ0v) is 27.2. The lowest BCUT2D eigenvalue weighted by atomic mass is 10.0. The van der Waals surface area contributed by atoms with Gasteiger partial charge in [0.05, 0.1) is 0 Å². The second-order valence-electron chi connectivity index (χ2n) is 10.9. The third-order valence-electron chi connectivity index (χ3n) is 7.02. The molecule has 1 aromatic rings. The number of carbonyl (C=O) groups is 8. The molecule has 0 aliphatic carbocycles. The molecule has 3 amide bonds. The van der Waals surface area contributed by atoms with E-state index in [0.717, 1.165) is 5.56 Å². The van der Waals surface area contributed by atoms with Gasteiger partial charge in [0.15, 0.2) is 5.11 Å². The minimum Gasteiger partial charge on any atom is -0.481 e. The Morgan fingerprint density at radius 2 is 1.10 bits per heavy atom. The molecule has 18 heteroatoms. The van der Waals surface area contributed by atoms with Crippen LogP contribution < -0.4 is 26.6 Å². The van der Waals surface area contributed by atoms with Crippen molar-refractivity contribution in [1.82, 2.24) is 26.6 Å². The highest BCUT2D eigenvalue weighted by atomic mass is 32.1. The van der Waals surface area contributed by atoms with Crippen molar-refractivity contribution in [2.75, 3.05) is 6.54 Å². The summed E-state index contributed by atoms with van der Waals surface area (Å²) in [6.07, 6.45) is -2.39. The number of rotatable bonds is 22. The fraction of sp³-hybridized carbons (Fsp3) is 0.500. The summed E-state index contributed by atoms with van der Waals surface area (Å²) in [7, 11) is 0. The van der Waals surface area contributed by atoms with Gasteiger partial charge < -0.3 is 47.0 Å². The van der Waals surface area contributed by atoms with Crippen LogP contribution in [0, 0.1) is 5.92 Å². The molecule has 5 atom stereocenters. The molecule has 0 saturated heterocycles. The molecule has 0 unspecified atom stereocenters. The highest BCUT2D eigenvalue weighted by Crippen LogP contribution is 2.07. The number of carbonyl (C=O) groups excluding carboxylic acids is 4. The Labute approximate surface area is 281 Å². The van der Waals surface area contributed by atoms with Gasteiger partial charge in [0, 0.05) is 38.1 Å². The Balaban J connectivity index is 2.76. The maximum Gasteiger partial charge on any atom is 0.326 e. The van der Waals surface area contributed by atoms with Gasteiger partial charge in [-0.2, -0.15) is 0 Å². The molecule has 264 valence electrons. The van der Waals surface area contributed by atoms with Crippen LogP contribution in [0.1, 0.15) is 57.9 Å². The molecule has 48 heavy (non-hydrogen) atoms. The monoisotopic (exact) mass is 695 g/mol. The number of ketones is 1. The number of benzene rings is 1. The molecule has 0 aromatic heterocycles. The average Bonchev–Trinajstić information content (AvgIpc) is 3.01. The molecule has 0 aliphatic rings. The Hall–Kier alpha value is -5.13. The van der Waals surface area contributed by atoms with E-state index in [1.807, 2.05) is 0 Å². The second-order valence-corrected chi connectivity index (χ2v) is 11.3. The first-order chi connectivity index (χ1) is 22.5. The number of hydrogen-bond acceptors (Lipinski definition) is 9. The molecule has 1 aromatic carbocycles. The largest absolute Gasteiger partial charge is 0.481 e. The predicted molar refractivity (Wildman–Crippen MR) is 172 cm³/mol. The predicted octanol–water partition coefficient (Wildman–Crippen LogP) is -0.580. The molecule has 9 N–H and O–H groups in total. The van der Waals surface area contributed by atoms with Crippen LogP contribution >= 0.6 is 12.2 Å². The summed E-state index contributed by atoms with van der Waals surface area (Å²) < 4.78 is 0.